The van der Waals surface area contributed by atoms with Crippen LogP contribution in [-0.4, -0.2) is 40.8 Å². The smallest absolute Gasteiger partial charge is 0.269 e. The van der Waals surface area contributed by atoms with Crippen LogP contribution in [0.3, 0.4) is 0 Å². The molecule has 1 fully saturated rings. The second-order valence-corrected chi connectivity index (χ2v) is 6.93. The number of nitro benzene ring substituents is 1. The van der Waals surface area contributed by atoms with Crippen LogP contribution in [-0.2, 0) is 4.79 Å². The van der Waals surface area contributed by atoms with E-state index in [4.69, 9.17) is 4.74 Å². The summed E-state index contributed by atoms with van der Waals surface area (Å²) in [4.78, 5) is 37.1. The average Bonchev–Trinajstić information content (AvgIpc) is 2.74. The second kappa shape index (κ2) is 9.18. The van der Waals surface area contributed by atoms with E-state index in [1.165, 1.54) is 24.3 Å². The van der Waals surface area contributed by atoms with E-state index in [-0.39, 0.29) is 17.5 Å². The molecule has 2 aromatic carbocycles. The Labute approximate surface area is 168 Å². The number of hydrogen-bond acceptors (Lipinski definition) is 5. The van der Waals surface area contributed by atoms with Crippen LogP contribution in [0.5, 0.6) is 5.75 Å². The van der Waals surface area contributed by atoms with Gasteiger partial charge in [0.1, 0.15) is 5.75 Å². The molecule has 0 radical (unpaired) electrons. The van der Waals surface area contributed by atoms with Gasteiger partial charge >= 0.3 is 0 Å². The third-order valence-electron chi connectivity index (χ3n) is 4.75. The van der Waals surface area contributed by atoms with Crippen molar-refractivity contribution in [3.63, 3.8) is 0 Å². The van der Waals surface area contributed by atoms with Gasteiger partial charge in [-0.15, -0.1) is 0 Å². The maximum atomic E-state index is 12.6. The van der Waals surface area contributed by atoms with Crippen molar-refractivity contribution >= 4 is 23.2 Å². The van der Waals surface area contributed by atoms with E-state index >= 15 is 0 Å². The summed E-state index contributed by atoms with van der Waals surface area (Å²) in [5, 5.41) is 13.4. The Kier molecular flexibility index (Phi) is 6.43. The summed E-state index contributed by atoms with van der Waals surface area (Å²) in [5.41, 5.74) is 0.996. The Morgan fingerprint density at radius 3 is 2.45 bits per heavy atom. The summed E-state index contributed by atoms with van der Waals surface area (Å²) in [5.74, 6) is -0.0609. The third kappa shape index (κ3) is 5.31. The van der Waals surface area contributed by atoms with Crippen molar-refractivity contribution in [3.05, 3.63) is 64.2 Å². The SMILES string of the molecule is CC(Oc1ccc([N+](=O)[O-])cc1)C(=O)Nc1cccc(C(=O)N2CCCCC2)c1. The van der Waals surface area contributed by atoms with Gasteiger partial charge < -0.3 is 15.0 Å². The van der Waals surface area contributed by atoms with Crippen molar-refractivity contribution in [2.75, 3.05) is 18.4 Å². The van der Waals surface area contributed by atoms with Gasteiger partial charge in [-0.1, -0.05) is 6.07 Å². The van der Waals surface area contributed by atoms with Crippen molar-refractivity contribution in [2.45, 2.75) is 32.3 Å². The van der Waals surface area contributed by atoms with Gasteiger partial charge in [-0.3, -0.25) is 19.7 Å². The normalized spacial score (nSPS) is 14.7. The molecule has 8 nitrogen and oxygen atoms in total. The fraction of sp³-hybridized carbons (Fsp3) is 0.333. The van der Waals surface area contributed by atoms with Gasteiger partial charge in [-0.05, 0) is 56.5 Å². The summed E-state index contributed by atoms with van der Waals surface area (Å²) in [6.07, 6.45) is 2.35. The molecule has 2 amide bonds. The van der Waals surface area contributed by atoms with E-state index < -0.39 is 11.0 Å². The Hall–Kier alpha value is -3.42. The van der Waals surface area contributed by atoms with Crippen LogP contribution in [0.4, 0.5) is 11.4 Å². The number of carbonyl (C=O) groups excluding carboxylic acids is 2. The zero-order valence-corrected chi connectivity index (χ0v) is 16.2. The summed E-state index contributed by atoms with van der Waals surface area (Å²) in [7, 11) is 0. The van der Waals surface area contributed by atoms with Crippen LogP contribution in [0.25, 0.3) is 0 Å². The molecule has 0 aliphatic carbocycles. The molecule has 3 rings (SSSR count). The van der Waals surface area contributed by atoms with Gasteiger partial charge in [0, 0.05) is 36.5 Å². The molecule has 1 heterocycles. The average molecular weight is 397 g/mol. The first-order valence-corrected chi connectivity index (χ1v) is 9.55. The molecular weight excluding hydrogens is 374 g/mol. The summed E-state index contributed by atoms with van der Waals surface area (Å²) >= 11 is 0. The van der Waals surface area contributed by atoms with E-state index in [9.17, 15) is 19.7 Å². The zero-order valence-electron chi connectivity index (χ0n) is 16.2. The monoisotopic (exact) mass is 397 g/mol. The number of hydrogen-bond donors (Lipinski definition) is 1. The van der Waals surface area contributed by atoms with E-state index in [1.54, 1.807) is 31.2 Å². The van der Waals surface area contributed by atoms with E-state index in [0.717, 1.165) is 32.4 Å². The van der Waals surface area contributed by atoms with Gasteiger partial charge in [0.2, 0.25) is 0 Å². The van der Waals surface area contributed by atoms with Crippen molar-refractivity contribution in [1.29, 1.82) is 0 Å². The molecule has 1 unspecified atom stereocenters. The zero-order chi connectivity index (χ0) is 20.8. The standard InChI is InChI=1S/C21H23N3O5/c1-15(29-19-10-8-18(9-11-19)24(27)28)20(25)22-17-7-5-6-16(14-17)21(26)23-12-3-2-4-13-23/h5-11,14-15H,2-4,12-13H2,1H3,(H,22,25). The minimum absolute atomic E-state index is 0.0315. The highest BCUT2D eigenvalue weighted by atomic mass is 16.6. The van der Waals surface area contributed by atoms with E-state index in [0.29, 0.717) is 17.0 Å². The molecule has 0 aromatic heterocycles. The predicted molar refractivity (Wildman–Crippen MR) is 108 cm³/mol. The van der Waals surface area contributed by atoms with E-state index in [1.807, 2.05) is 4.90 Å². The first kappa shape index (κ1) is 20.3. The van der Waals surface area contributed by atoms with Crippen molar-refractivity contribution in [2.24, 2.45) is 0 Å². The molecule has 1 aliphatic rings. The van der Waals surface area contributed by atoms with Gasteiger partial charge in [0.05, 0.1) is 4.92 Å². The molecule has 1 saturated heterocycles. The number of nitrogens with zero attached hydrogens (tertiary/aromatic N) is 2. The van der Waals surface area contributed by atoms with Gasteiger partial charge in [-0.25, -0.2) is 0 Å². The fourth-order valence-electron chi connectivity index (χ4n) is 3.16. The number of amides is 2. The number of carbonyl (C=O) groups is 2. The number of non-ortho nitro benzene ring substituents is 1. The third-order valence-corrected chi connectivity index (χ3v) is 4.75. The Morgan fingerprint density at radius 2 is 1.79 bits per heavy atom. The molecule has 1 N–H and O–H groups in total. The largest absolute Gasteiger partial charge is 0.481 e. The highest BCUT2D eigenvalue weighted by molar-refractivity contribution is 5.98. The minimum Gasteiger partial charge on any atom is -0.481 e. The maximum Gasteiger partial charge on any atom is 0.269 e. The molecule has 152 valence electrons. The number of nitrogens with one attached hydrogen (secondary N) is 1. The molecule has 1 aliphatic heterocycles. The highest BCUT2D eigenvalue weighted by Gasteiger charge is 2.20. The van der Waals surface area contributed by atoms with Crippen molar-refractivity contribution in [3.8, 4) is 5.75 Å². The quantitative estimate of drug-likeness (QED) is 0.592. The van der Waals surface area contributed by atoms with Gasteiger partial charge in [0.25, 0.3) is 17.5 Å². The van der Waals surface area contributed by atoms with Crippen molar-refractivity contribution < 1.29 is 19.2 Å². The number of rotatable bonds is 6. The molecule has 8 heteroatoms. The van der Waals surface area contributed by atoms with Crippen LogP contribution < -0.4 is 10.1 Å². The molecular formula is C21H23N3O5. The van der Waals surface area contributed by atoms with Crippen LogP contribution in [0.15, 0.2) is 48.5 Å². The predicted octanol–water partition coefficient (Wildman–Crippen LogP) is 3.63. The first-order chi connectivity index (χ1) is 13.9. The lowest BCUT2D eigenvalue weighted by Crippen LogP contribution is -2.35. The number of benzene rings is 2. The number of anilines is 1. The summed E-state index contributed by atoms with van der Waals surface area (Å²) in [6, 6.07) is 12.4. The lowest BCUT2D eigenvalue weighted by molar-refractivity contribution is -0.384. The number of ether oxygens (including phenoxy) is 1. The lowest BCUT2D eigenvalue weighted by atomic mass is 10.1. The van der Waals surface area contributed by atoms with Crippen LogP contribution in [0, 0.1) is 10.1 Å². The van der Waals surface area contributed by atoms with E-state index in [2.05, 4.69) is 5.32 Å². The minimum atomic E-state index is -0.821. The summed E-state index contributed by atoms with van der Waals surface area (Å²) in [6.45, 7) is 3.10. The van der Waals surface area contributed by atoms with Crippen molar-refractivity contribution in [1.82, 2.24) is 4.90 Å². The first-order valence-electron chi connectivity index (χ1n) is 9.55. The Balaban J connectivity index is 1.60. The Bertz CT molecular complexity index is 891. The lowest BCUT2D eigenvalue weighted by Gasteiger charge is -2.26. The van der Waals surface area contributed by atoms with Crippen LogP contribution in [0.2, 0.25) is 0 Å². The number of likely N-dealkylation sites (tertiary alicyclic amines) is 1. The summed E-state index contributed by atoms with van der Waals surface area (Å²) < 4.78 is 5.55. The maximum absolute atomic E-state index is 12.6. The van der Waals surface area contributed by atoms with Crippen LogP contribution >= 0.6 is 0 Å². The van der Waals surface area contributed by atoms with Crippen LogP contribution in [0.1, 0.15) is 36.5 Å². The second-order valence-electron chi connectivity index (χ2n) is 6.93. The van der Waals surface area contributed by atoms with Gasteiger partial charge in [-0.2, -0.15) is 0 Å². The number of nitro groups is 1. The molecule has 2 aromatic rings. The topological polar surface area (TPSA) is 102 Å². The highest BCUT2D eigenvalue weighted by Crippen LogP contribution is 2.20. The molecule has 29 heavy (non-hydrogen) atoms. The molecule has 0 spiro atoms. The van der Waals surface area contributed by atoms with Gasteiger partial charge in [0.15, 0.2) is 6.10 Å². The Morgan fingerprint density at radius 1 is 1.10 bits per heavy atom. The molecule has 1 atom stereocenters. The number of piperidine rings is 1. The molecule has 0 saturated carbocycles. The fourth-order valence-corrected chi connectivity index (χ4v) is 3.16. The molecule has 0 bridgehead atoms.